The summed E-state index contributed by atoms with van der Waals surface area (Å²) in [4.78, 5) is 7.13. The standard InChI is InChI=1S/C70H124N2/c1-7-11-15-51-23-31-55(32-24-51)65-47-67(71(57-35-19-49(5)20-36-57)59-39-27-53(28-40-59)17-13-9-3)63-46-44-62-66(56-33-25-52(26-34-56)16-12-8-2)48-68(64-45-43-61(65)69(63)70(62)64)72(58-37-21-50(6)22-38-58)60-41-29-54(30-42-60)18-14-10-4/h49-70H,7-48H2,1-6H3. The topological polar surface area (TPSA) is 6.48 Å². The van der Waals surface area contributed by atoms with Gasteiger partial charge in [-0.2, -0.15) is 0 Å². The lowest BCUT2D eigenvalue weighted by Gasteiger charge is -2.68. The molecule has 0 aromatic carbocycles. The van der Waals surface area contributed by atoms with E-state index in [-0.39, 0.29) is 0 Å². The van der Waals surface area contributed by atoms with Crippen LogP contribution in [0.4, 0.5) is 0 Å². The minimum Gasteiger partial charge on any atom is -0.294 e. The van der Waals surface area contributed by atoms with E-state index in [0.717, 1.165) is 131 Å². The zero-order valence-corrected chi connectivity index (χ0v) is 49.3. The van der Waals surface area contributed by atoms with Crippen molar-refractivity contribution in [1.29, 1.82) is 0 Å². The van der Waals surface area contributed by atoms with Gasteiger partial charge in [-0.3, -0.25) is 9.80 Å². The van der Waals surface area contributed by atoms with Gasteiger partial charge in [0.1, 0.15) is 0 Å². The third kappa shape index (κ3) is 12.7. The second-order valence-corrected chi connectivity index (χ2v) is 30.1. The van der Waals surface area contributed by atoms with E-state index in [2.05, 4.69) is 51.3 Å². The summed E-state index contributed by atoms with van der Waals surface area (Å²) in [5.41, 5.74) is 0. The first kappa shape index (κ1) is 55.2. The van der Waals surface area contributed by atoms with Gasteiger partial charge in [0, 0.05) is 36.3 Å². The van der Waals surface area contributed by atoms with E-state index in [9.17, 15) is 0 Å². The monoisotopic (exact) mass is 993 g/mol. The van der Waals surface area contributed by atoms with Crippen LogP contribution >= 0.6 is 0 Å². The van der Waals surface area contributed by atoms with E-state index in [1.165, 1.54) is 128 Å². The Kier molecular flexibility index (Phi) is 20.5. The SMILES string of the molecule is CCCCC1CCC(C2CC(N(C3CCC(C)CC3)C3CCC(CCCC)CC3)C3CCC4C(C5CCC(CCCC)CC5)CC(N(C5CCC(C)CC5)C5CCC(CCCC)CC5)C5CCC2C3C45)CC1. The lowest BCUT2D eigenvalue weighted by atomic mass is 9.41. The van der Waals surface area contributed by atoms with Gasteiger partial charge >= 0.3 is 0 Å². The van der Waals surface area contributed by atoms with E-state index in [0.29, 0.717) is 0 Å². The van der Waals surface area contributed by atoms with Crippen LogP contribution in [0.1, 0.15) is 311 Å². The molecule has 0 N–H and O–H groups in total. The molecule has 10 unspecified atom stereocenters. The number of unbranched alkanes of at least 4 members (excludes halogenated alkanes) is 4. The van der Waals surface area contributed by atoms with E-state index < -0.39 is 0 Å². The van der Waals surface area contributed by atoms with E-state index in [1.54, 1.807) is 141 Å². The van der Waals surface area contributed by atoms with E-state index in [4.69, 9.17) is 0 Å². The Balaban J connectivity index is 1.02. The van der Waals surface area contributed by atoms with Crippen molar-refractivity contribution in [3.05, 3.63) is 0 Å². The highest BCUT2D eigenvalue weighted by atomic mass is 15.2. The van der Waals surface area contributed by atoms with Crippen LogP contribution in [-0.2, 0) is 0 Å². The van der Waals surface area contributed by atoms with Crippen LogP contribution in [0, 0.1) is 94.7 Å². The van der Waals surface area contributed by atoms with Gasteiger partial charge in [0.05, 0.1) is 0 Å². The molecule has 10 saturated carbocycles. The lowest BCUT2D eigenvalue weighted by Crippen LogP contribution is -2.67. The molecule has 10 rings (SSSR count). The zero-order valence-electron chi connectivity index (χ0n) is 49.3. The van der Waals surface area contributed by atoms with Gasteiger partial charge in [-0.1, -0.05) is 144 Å². The van der Waals surface area contributed by atoms with Gasteiger partial charge < -0.3 is 0 Å². The molecule has 0 aliphatic heterocycles. The minimum atomic E-state index is 0.883. The average Bonchev–Trinajstić information content (AvgIpc) is 3.42. The van der Waals surface area contributed by atoms with Crippen molar-refractivity contribution in [1.82, 2.24) is 9.80 Å². The number of hydrogen-bond acceptors (Lipinski definition) is 2. The average molecular weight is 994 g/mol. The van der Waals surface area contributed by atoms with Crippen molar-refractivity contribution >= 4 is 0 Å². The molecule has 2 nitrogen and oxygen atoms in total. The fraction of sp³-hybridized carbons (Fsp3) is 1.00. The molecule has 0 radical (unpaired) electrons. The van der Waals surface area contributed by atoms with Gasteiger partial charge in [-0.15, -0.1) is 0 Å². The van der Waals surface area contributed by atoms with Crippen molar-refractivity contribution in [3.8, 4) is 0 Å². The number of rotatable bonds is 20. The van der Waals surface area contributed by atoms with Gasteiger partial charge in [0.25, 0.3) is 0 Å². The van der Waals surface area contributed by atoms with E-state index >= 15 is 0 Å². The minimum absolute atomic E-state index is 0.883. The maximum absolute atomic E-state index is 3.56. The van der Waals surface area contributed by atoms with Crippen LogP contribution in [0.3, 0.4) is 0 Å². The molecule has 0 heterocycles. The van der Waals surface area contributed by atoms with Crippen molar-refractivity contribution in [2.45, 2.75) is 347 Å². The van der Waals surface area contributed by atoms with Crippen molar-refractivity contribution in [3.63, 3.8) is 0 Å². The summed E-state index contributed by atoms with van der Waals surface area (Å²) in [6.07, 6.45) is 64.6. The second kappa shape index (κ2) is 26.7. The predicted molar refractivity (Wildman–Crippen MR) is 310 cm³/mol. The molecule has 0 amide bonds. The van der Waals surface area contributed by atoms with Crippen molar-refractivity contribution in [2.75, 3.05) is 0 Å². The van der Waals surface area contributed by atoms with Crippen LogP contribution in [0.15, 0.2) is 0 Å². The van der Waals surface area contributed by atoms with Gasteiger partial charge in [0.2, 0.25) is 0 Å². The Hall–Kier alpha value is -0.0800. The zero-order chi connectivity index (χ0) is 49.6. The quantitative estimate of drug-likeness (QED) is 0.120. The summed E-state index contributed by atoms with van der Waals surface area (Å²) >= 11 is 0. The fourth-order valence-corrected chi connectivity index (χ4v) is 22.2. The Morgan fingerprint density at radius 1 is 0.278 bits per heavy atom. The van der Waals surface area contributed by atoms with Crippen molar-refractivity contribution < 1.29 is 0 Å². The summed E-state index contributed by atoms with van der Waals surface area (Å²) in [6.45, 7) is 15.0. The maximum Gasteiger partial charge on any atom is 0.0135 e. The fourth-order valence-electron chi connectivity index (χ4n) is 22.2. The lowest BCUT2D eigenvalue weighted by molar-refractivity contribution is -0.190. The molecular weight excluding hydrogens is 869 g/mol. The molecule has 2 heteroatoms. The van der Waals surface area contributed by atoms with Crippen LogP contribution in [0.5, 0.6) is 0 Å². The highest BCUT2D eigenvalue weighted by molar-refractivity contribution is 5.14. The van der Waals surface area contributed by atoms with Crippen LogP contribution in [-0.4, -0.2) is 46.1 Å². The highest BCUT2D eigenvalue weighted by Crippen LogP contribution is 2.67. The van der Waals surface area contributed by atoms with Crippen LogP contribution < -0.4 is 0 Å². The summed E-state index contributed by atoms with van der Waals surface area (Å²) in [6, 6.07) is 5.33. The van der Waals surface area contributed by atoms with Gasteiger partial charge in [0.15, 0.2) is 0 Å². The Labute approximate surface area is 449 Å². The molecule has 72 heavy (non-hydrogen) atoms. The normalized spacial score (nSPS) is 46.0. The Morgan fingerprint density at radius 2 is 0.542 bits per heavy atom. The first-order valence-corrected chi connectivity index (χ1v) is 34.9. The predicted octanol–water partition coefficient (Wildman–Crippen LogP) is 20.3. The summed E-state index contributed by atoms with van der Waals surface area (Å²) in [5, 5.41) is 0. The maximum atomic E-state index is 3.56. The second-order valence-electron chi connectivity index (χ2n) is 30.1. The Bertz CT molecular complexity index is 1410. The summed E-state index contributed by atoms with van der Waals surface area (Å²) < 4.78 is 0. The third-order valence-corrected chi connectivity index (χ3v) is 26.1. The highest BCUT2D eigenvalue weighted by Gasteiger charge is 2.63. The van der Waals surface area contributed by atoms with Crippen LogP contribution in [0.25, 0.3) is 0 Å². The van der Waals surface area contributed by atoms with E-state index in [1.807, 2.05) is 0 Å². The first-order chi connectivity index (χ1) is 35.3. The molecule has 414 valence electrons. The third-order valence-electron chi connectivity index (χ3n) is 26.1. The molecule has 10 aliphatic carbocycles. The smallest absolute Gasteiger partial charge is 0.0135 e. The van der Waals surface area contributed by atoms with Crippen LogP contribution in [0.2, 0.25) is 0 Å². The van der Waals surface area contributed by atoms with Crippen molar-refractivity contribution in [2.24, 2.45) is 94.7 Å². The molecule has 10 atom stereocenters. The largest absolute Gasteiger partial charge is 0.294 e. The first-order valence-electron chi connectivity index (χ1n) is 34.9. The Morgan fingerprint density at radius 3 is 0.833 bits per heavy atom. The summed E-state index contributed by atoms with van der Waals surface area (Å²) in [5.74, 6) is 16.3. The molecule has 0 saturated heterocycles. The van der Waals surface area contributed by atoms with Gasteiger partial charge in [-0.25, -0.2) is 0 Å². The molecule has 10 fully saturated rings. The molecular formula is C70H124N2. The molecule has 0 spiro atoms. The number of hydrogen-bond donors (Lipinski definition) is 0. The van der Waals surface area contributed by atoms with Gasteiger partial charge in [-0.05, 0) is 262 Å². The molecule has 0 aromatic heterocycles. The molecule has 0 bridgehead atoms. The number of nitrogens with zero attached hydrogens (tertiary/aromatic N) is 2. The molecule has 0 aromatic rings. The summed E-state index contributed by atoms with van der Waals surface area (Å²) in [7, 11) is 0. The molecule has 10 aliphatic rings.